The van der Waals surface area contributed by atoms with Crippen molar-refractivity contribution in [3.8, 4) is 0 Å². The molecule has 0 aromatic rings. The lowest BCUT2D eigenvalue weighted by Crippen LogP contribution is -2.25. The van der Waals surface area contributed by atoms with Gasteiger partial charge < -0.3 is 15.2 Å². The minimum atomic E-state index is -0.289. The first-order chi connectivity index (χ1) is 8.30. The van der Waals surface area contributed by atoms with Crippen molar-refractivity contribution in [2.45, 2.75) is 18.9 Å². The molecule has 0 amide bonds. The zero-order valence-corrected chi connectivity index (χ0v) is 9.69. The number of hydrogen-bond donors (Lipinski definition) is 1. The molecule has 1 heterocycles. The molecule has 0 aromatic carbocycles. The van der Waals surface area contributed by atoms with E-state index < -0.39 is 0 Å². The normalized spacial score (nSPS) is 23.5. The van der Waals surface area contributed by atoms with Crippen molar-refractivity contribution in [2.75, 3.05) is 6.54 Å². The molecule has 17 heavy (non-hydrogen) atoms. The van der Waals surface area contributed by atoms with Crippen LogP contribution in [0.4, 0.5) is 0 Å². The van der Waals surface area contributed by atoms with E-state index in [1.807, 2.05) is 6.08 Å². The van der Waals surface area contributed by atoms with Crippen LogP contribution in [-0.4, -0.2) is 19.4 Å². The fraction of sp³-hybridized carbons (Fsp3) is 0.308. The number of ether oxygens (including phenoxy) is 2. The fourth-order valence-corrected chi connectivity index (χ4v) is 1.87. The summed E-state index contributed by atoms with van der Waals surface area (Å²) in [5, 5.41) is 0. The molecule has 90 valence electrons. The highest BCUT2D eigenvalue weighted by atomic mass is 16.5. The average Bonchev–Trinajstić information content (AvgIpc) is 2.53. The van der Waals surface area contributed by atoms with E-state index in [4.69, 9.17) is 15.2 Å². The first kappa shape index (κ1) is 11.7. The summed E-state index contributed by atoms with van der Waals surface area (Å²) in [5.74, 6) is 1.95. The van der Waals surface area contributed by atoms with Crippen molar-refractivity contribution in [2.24, 2.45) is 10.7 Å². The molecule has 0 saturated heterocycles. The summed E-state index contributed by atoms with van der Waals surface area (Å²) >= 11 is 0. The third-order valence-electron chi connectivity index (χ3n) is 2.74. The van der Waals surface area contributed by atoms with Gasteiger partial charge in [-0.3, -0.25) is 0 Å². The minimum Gasteiger partial charge on any atom is -0.481 e. The fourth-order valence-electron chi connectivity index (χ4n) is 1.87. The Kier molecular flexibility index (Phi) is 3.44. The minimum absolute atomic E-state index is 0.289. The summed E-state index contributed by atoms with van der Waals surface area (Å²) in [6.45, 7) is 7.60. The molecule has 1 unspecified atom stereocenters. The van der Waals surface area contributed by atoms with Crippen LogP contribution in [0.3, 0.4) is 0 Å². The van der Waals surface area contributed by atoms with Crippen molar-refractivity contribution in [1.29, 1.82) is 0 Å². The van der Waals surface area contributed by atoms with Crippen LogP contribution >= 0.6 is 0 Å². The van der Waals surface area contributed by atoms with Crippen LogP contribution in [-0.2, 0) is 9.47 Å². The van der Waals surface area contributed by atoms with Gasteiger partial charge in [-0.25, -0.2) is 4.99 Å². The maximum absolute atomic E-state index is 5.83. The summed E-state index contributed by atoms with van der Waals surface area (Å²) in [7, 11) is 0. The number of allylic oxidation sites excluding steroid dienone is 3. The molecule has 4 nitrogen and oxygen atoms in total. The maximum atomic E-state index is 5.83. The van der Waals surface area contributed by atoms with E-state index in [0.717, 1.165) is 29.9 Å². The van der Waals surface area contributed by atoms with Crippen molar-refractivity contribution in [3.63, 3.8) is 0 Å². The van der Waals surface area contributed by atoms with Crippen LogP contribution in [0, 0.1) is 0 Å². The SMILES string of the molecule is C=CC1=C(N=C)OC2=C(C=CCC2)OC1CN. The molecule has 2 aliphatic rings. The molecule has 0 spiro atoms. The molecule has 0 saturated carbocycles. The molecular weight excluding hydrogens is 216 g/mol. The molecule has 0 aromatic heterocycles. The number of rotatable bonds is 3. The standard InChI is InChI=1S/C13H16N2O2/c1-3-9-12(8-14)16-10-6-4-5-7-11(10)17-13(9)15-2/h3-4,6,12H,1-2,5,7-8,14H2. The summed E-state index contributed by atoms with van der Waals surface area (Å²) in [6, 6.07) is 0. The second-order valence-electron chi connectivity index (χ2n) is 3.80. The molecular formula is C13H16N2O2. The summed E-state index contributed by atoms with van der Waals surface area (Å²) in [5.41, 5.74) is 6.45. The van der Waals surface area contributed by atoms with Crippen LogP contribution in [0.5, 0.6) is 0 Å². The highest BCUT2D eigenvalue weighted by molar-refractivity contribution is 5.37. The monoisotopic (exact) mass is 232 g/mol. The Bertz CT molecular complexity index is 433. The smallest absolute Gasteiger partial charge is 0.225 e. The molecule has 1 aliphatic heterocycles. The van der Waals surface area contributed by atoms with E-state index in [9.17, 15) is 0 Å². The molecule has 0 bridgehead atoms. The van der Waals surface area contributed by atoms with Gasteiger partial charge in [0.25, 0.3) is 0 Å². The van der Waals surface area contributed by atoms with E-state index in [1.165, 1.54) is 0 Å². The molecule has 1 aliphatic carbocycles. The lowest BCUT2D eigenvalue weighted by atomic mass is 10.1. The Hall–Kier alpha value is -1.81. The second kappa shape index (κ2) is 5.01. The summed E-state index contributed by atoms with van der Waals surface area (Å²) < 4.78 is 11.6. The number of hydrogen-bond acceptors (Lipinski definition) is 4. The van der Waals surface area contributed by atoms with Gasteiger partial charge in [-0.2, -0.15) is 0 Å². The van der Waals surface area contributed by atoms with Crippen LogP contribution in [0.15, 0.2) is 52.8 Å². The summed E-state index contributed by atoms with van der Waals surface area (Å²) in [6.07, 6.45) is 7.06. The van der Waals surface area contributed by atoms with E-state index in [2.05, 4.69) is 24.4 Å². The van der Waals surface area contributed by atoms with Crippen molar-refractivity contribution in [3.05, 3.63) is 47.8 Å². The van der Waals surface area contributed by atoms with Crippen LogP contribution in [0.1, 0.15) is 12.8 Å². The Morgan fingerprint density at radius 1 is 1.59 bits per heavy atom. The quantitative estimate of drug-likeness (QED) is 0.757. The second-order valence-corrected chi connectivity index (χ2v) is 3.80. The van der Waals surface area contributed by atoms with Crippen LogP contribution in [0.2, 0.25) is 0 Å². The Balaban J connectivity index is 2.42. The van der Waals surface area contributed by atoms with Gasteiger partial charge in [-0.05, 0) is 19.2 Å². The van der Waals surface area contributed by atoms with Crippen LogP contribution in [0.25, 0.3) is 0 Å². The van der Waals surface area contributed by atoms with Gasteiger partial charge in [0.2, 0.25) is 5.88 Å². The molecule has 0 radical (unpaired) electrons. The largest absolute Gasteiger partial charge is 0.481 e. The first-order valence-corrected chi connectivity index (χ1v) is 5.57. The van der Waals surface area contributed by atoms with E-state index >= 15 is 0 Å². The Labute approximate surface area is 101 Å². The van der Waals surface area contributed by atoms with Crippen LogP contribution < -0.4 is 5.73 Å². The van der Waals surface area contributed by atoms with Crippen molar-refractivity contribution >= 4 is 6.72 Å². The number of aliphatic imine (C=N–C) groups is 1. The number of nitrogens with two attached hydrogens (primary N) is 1. The van der Waals surface area contributed by atoms with Gasteiger partial charge in [0.15, 0.2) is 5.76 Å². The van der Waals surface area contributed by atoms with Gasteiger partial charge in [-0.15, -0.1) is 0 Å². The van der Waals surface area contributed by atoms with Gasteiger partial charge in [0, 0.05) is 13.0 Å². The Morgan fingerprint density at radius 3 is 3.06 bits per heavy atom. The predicted octanol–water partition coefficient (Wildman–Crippen LogP) is 2.02. The molecule has 2 N–H and O–H groups in total. The van der Waals surface area contributed by atoms with E-state index in [0.29, 0.717) is 12.4 Å². The lowest BCUT2D eigenvalue weighted by molar-refractivity contribution is 0.157. The van der Waals surface area contributed by atoms with Gasteiger partial charge in [0.05, 0.1) is 5.57 Å². The van der Waals surface area contributed by atoms with Crippen molar-refractivity contribution in [1.82, 2.24) is 0 Å². The highest BCUT2D eigenvalue weighted by Gasteiger charge is 2.26. The number of nitrogens with zero attached hydrogens (tertiary/aromatic N) is 1. The summed E-state index contributed by atoms with van der Waals surface area (Å²) in [4.78, 5) is 3.89. The average molecular weight is 232 g/mol. The van der Waals surface area contributed by atoms with Gasteiger partial charge >= 0.3 is 0 Å². The first-order valence-electron chi connectivity index (χ1n) is 5.57. The maximum Gasteiger partial charge on any atom is 0.225 e. The molecule has 0 fully saturated rings. The molecule has 4 heteroatoms. The predicted molar refractivity (Wildman–Crippen MR) is 67.2 cm³/mol. The Morgan fingerprint density at radius 2 is 2.41 bits per heavy atom. The van der Waals surface area contributed by atoms with E-state index in [1.54, 1.807) is 6.08 Å². The third-order valence-corrected chi connectivity index (χ3v) is 2.74. The van der Waals surface area contributed by atoms with Gasteiger partial charge in [0.1, 0.15) is 11.9 Å². The van der Waals surface area contributed by atoms with Gasteiger partial charge in [-0.1, -0.05) is 18.7 Å². The molecule has 1 atom stereocenters. The third kappa shape index (κ3) is 2.17. The van der Waals surface area contributed by atoms with Crippen molar-refractivity contribution < 1.29 is 9.47 Å². The molecule has 2 rings (SSSR count). The lowest BCUT2D eigenvalue weighted by Gasteiger charge is -2.17. The van der Waals surface area contributed by atoms with E-state index in [-0.39, 0.29) is 6.10 Å². The highest BCUT2D eigenvalue weighted by Crippen LogP contribution is 2.31. The topological polar surface area (TPSA) is 56.8 Å². The zero-order valence-electron chi connectivity index (χ0n) is 9.69. The zero-order chi connectivity index (χ0) is 12.3.